The van der Waals surface area contributed by atoms with Gasteiger partial charge in [0.2, 0.25) is 0 Å². The third kappa shape index (κ3) is 3.53. The molecule has 0 radical (unpaired) electrons. The number of aromatic nitrogens is 1. The zero-order valence-corrected chi connectivity index (χ0v) is 14.3. The lowest BCUT2D eigenvalue weighted by Gasteiger charge is -2.22. The number of benzene rings is 1. The van der Waals surface area contributed by atoms with Crippen LogP contribution >= 0.6 is 0 Å². The van der Waals surface area contributed by atoms with Crippen molar-refractivity contribution in [2.75, 3.05) is 13.7 Å². The highest BCUT2D eigenvalue weighted by atomic mass is 16.5. The van der Waals surface area contributed by atoms with E-state index in [-0.39, 0.29) is 5.91 Å². The summed E-state index contributed by atoms with van der Waals surface area (Å²) in [5, 5.41) is 3.98. The first kappa shape index (κ1) is 16.4. The quantitative estimate of drug-likeness (QED) is 0.810. The summed E-state index contributed by atoms with van der Waals surface area (Å²) in [7, 11) is 1.64. The highest BCUT2D eigenvalue weighted by molar-refractivity contribution is 5.98. The molecule has 24 heavy (non-hydrogen) atoms. The number of methoxy groups -OCH3 is 1. The van der Waals surface area contributed by atoms with E-state index in [9.17, 15) is 4.79 Å². The number of hydrogen-bond acceptors (Lipinski definition) is 2. The fourth-order valence-electron chi connectivity index (χ4n) is 3.15. The second kappa shape index (κ2) is 6.95. The van der Waals surface area contributed by atoms with E-state index in [2.05, 4.69) is 29.9 Å². The van der Waals surface area contributed by atoms with Gasteiger partial charge in [-0.1, -0.05) is 23.8 Å². The van der Waals surface area contributed by atoms with E-state index in [1.165, 1.54) is 11.1 Å². The van der Waals surface area contributed by atoms with Gasteiger partial charge in [-0.3, -0.25) is 4.79 Å². The normalized spacial score (nSPS) is 17.4. The number of ether oxygens (including phenoxy) is 1. The number of carbonyl (C=O) groups excluding carboxylic acids is 1. The number of amides is 1. The molecule has 1 aliphatic rings. The maximum absolute atomic E-state index is 12.4. The van der Waals surface area contributed by atoms with Gasteiger partial charge < -0.3 is 15.0 Å². The summed E-state index contributed by atoms with van der Waals surface area (Å²) in [5.74, 6) is 1.30. The van der Waals surface area contributed by atoms with E-state index in [4.69, 9.17) is 4.74 Å². The summed E-state index contributed by atoms with van der Waals surface area (Å²) in [5.41, 5.74) is 4.07. The minimum absolute atomic E-state index is 0.0758. The Balaban J connectivity index is 1.62. The Labute approximate surface area is 142 Å². The molecule has 1 aromatic carbocycles. The van der Waals surface area contributed by atoms with Crippen molar-refractivity contribution in [1.82, 2.24) is 10.3 Å². The summed E-state index contributed by atoms with van der Waals surface area (Å²) in [6.07, 6.45) is 5.44. The monoisotopic (exact) mass is 324 g/mol. The Morgan fingerprint density at radius 3 is 2.92 bits per heavy atom. The minimum Gasteiger partial charge on any atom is -0.497 e. The van der Waals surface area contributed by atoms with Crippen LogP contribution in [0.1, 0.15) is 36.7 Å². The smallest absolute Gasteiger partial charge is 0.267 e. The molecule has 0 saturated carbocycles. The average molecular weight is 324 g/mol. The highest BCUT2D eigenvalue weighted by Crippen LogP contribution is 2.28. The number of nitrogens with one attached hydrogen (secondary N) is 2. The lowest BCUT2D eigenvalue weighted by Crippen LogP contribution is -2.26. The maximum atomic E-state index is 12.4. The van der Waals surface area contributed by atoms with Crippen molar-refractivity contribution in [1.29, 1.82) is 0 Å². The van der Waals surface area contributed by atoms with Crippen LogP contribution in [0, 0.1) is 5.92 Å². The van der Waals surface area contributed by atoms with Crippen LogP contribution in [0.3, 0.4) is 0 Å². The first-order valence-corrected chi connectivity index (χ1v) is 8.35. The highest BCUT2D eigenvalue weighted by Gasteiger charge is 2.16. The van der Waals surface area contributed by atoms with Crippen LogP contribution in [0.15, 0.2) is 48.1 Å². The third-order valence-electron chi connectivity index (χ3n) is 4.75. The Morgan fingerprint density at radius 2 is 2.25 bits per heavy atom. The maximum Gasteiger partial charge on any atom is 0.267 e. The fourth-order valence-corrected chi connectivity index (χ4v) is 3.15. The first-order valence-electron chi connectivity index (χ1n) is 8.35. The minimum atomic E-state index is -0.0758. The van der Waals surface area contributed by atoms with Crippen molar-refractivity contribution < 1.29 is 9.53 Å². The molecule has 4 nitrogen and oxygen atoms in total. The van der Waals surface area contributed by atoms with Gasteiger partial charge in [0.15, 0.2) is 0 Å². The van der Waals surface area contributed by atoms with E-state index in [0.29, 0.717) is 18.2 Å². The summed E-state index contributed by atoms with van der Waals surface area (Å²) in [6.45, 7) is 6.74. The SMILES string of the molecule is C=C(C)[C@H]1CC=C(CNC(=O)c2cc3cc(OC)ccc3[nH]2)CC1. The van der Waals surface area contributed by atoms with Crippen LogP contribution in [-0.4, -0.2) is 24.5 Å². The number of H-pyrrole nitrogens is 1. The van der Waals surface area contributed by atoms with E-state index < -0.39 is 0 Å². The lowest BCUT2D eigenvalue weighted by atomic mass is 9.85. The Bertz CT molecular complexity index is 801. The van der Waals surface area contributed by atoms with Crippen LogP contribution in [0.25, 0.3) is 10.9 Å². The van der Waals surface area contributed by atoms with Crippen molar-refractivity contribution in [3.05, 3.63) is 53.8 Å². The molecule has 2 N–H and O–H groups in total. The number of rotatable bonds is 5. The largest absolute Gasteiger partial charge is 0.497 e. The Hall–Kier alpha value is -2.49. The summed E-state index contributed by atoms with van der Waals surface area (Å²) >= 11 is 0. The molecule has 1 aliphatic carbocycles. The molecule has 0 fully saturated rings. The Morgan fingerprint density at radius 1 is 1.42 bits per heavy atom. The molecule has 0 saturated heterocycles. The van der Waals surface area contributed by atoms with Gasteiger partial charge in [-0.15, -0.1) is 0 Å². The van der Waals surface area contributed by atoms with Crippen LogP contribution < -0.4 is 10.1 Å². The number of allylic oxidation sites excluding steroid dienone is 2. The van der Waals surface area contributed by atoms with Crippen LogP contribution in [0.4, 0.5) is 0 Å². The predicted molar refractivity (Wildman–Crippen MR) is 97.4 cm³/mol. The topological polar surface area (TPSA) is 54.1 Å². The van der Waals surface area contributed by atoms with Crippen molar-refractivity contribution in [3.63, 3.8) is 0 Å². The first-order chi connectivity index (χ1) is 11.6. The van der Waals surface area contributed by atoms with Crippen LogP contribution in [0.5, 0.6) is 5.75 Å². The molecule has 1 amide bonds. The zero-order chi connectivity index (χ0) is 17.1. The molecule has 0 bridgehead atoms. The Kier molecular flexibility index (Phi) is 4.74. The van der Waals surface area contributed by atoms with Crippen molar-refractivity contribution in [2.45, 2.75) is 26.2 Å². The molecule has 0 spiro atoms. The zero-order valence-electron chi connectivity index (χ0n) is 14.3. The second-order valence-electron chi connectivity index (χ2n) is 6.50. The number of hydrogen-bond donors (Lipinski definition) is 2. The van der Waals surface area contributed by atoms with Crippen LogP contribution in [0.2, 0.25) is 0 Å². The molecule has 0 aliphatic heterocycles. The fraction of sp³-hybridized carbons (Fsp3) is 0.350. The van der Waals surface area contributed by atoms with Crippen molar-refractivity contribution >= 4 is 16.8 Å². The molecular formula is C20H24N2O2. The van der Waals surface area contributed by atoms with E-state index in [1.54, 1.807) is 7.11 Å². The van der Waals surface area contributed by atoms with Gasteiger partial charge in [0.25, 0.3) is 5.91 Å². The molecule has 1 aromatic heterocycles. The number of aromatic amines is 1. The molecule has 2 aromatic rings. The summed E-state index contributed by atoms with van der Waals surface area (Å²) in [4.78, 5) is 15.5. The standard InChI is InChI=1S/C20H24N2O2/c1-13(2)15-6-4-14(5-7-15)12-21-20(23)19-11-16-10-17(24-3)8-9-18(16)22-19/h4,8-11,15,22H,1,5-7,12H2,2-3H3,(H,21,23)/t15-/m0/s1. The van der Waals surface area contributed by atoms with Crippen LogP contribution in [-0.2, 0) is 0 Å². The van der Waals surface area contributed by atoms with Gasteiger partial charge in [0, 0.05) is 17.4 Å². The van der Waals surface area contributed by atoms with E-state index in [1.807, 2.05) is 24.3 Å². The van der Waals surface area contributed by atoms with Crippen molar-refractivity contribution in [2.24, 2.45) is 5.92 Å². The van der Waals surface area contributed by atoms with E-state index in [0.717, 1.165) is 35.9 Å². The number of fused-ring (bicyclic) bond motifs is 1. The average Bonchev–Trinajstić information content (AvgIpc) is 3.03. The lowest BCUT2D eigenvalue weighted by molar-refractivity contribution is 0.0952. The second-order valence-corrected chi connectivity index (χ2v) is 6.50. The molecule has 1 atom stereocenters. The van der Waals surface area contributed by atoms with Gasteiger partial charge in [0.05, 0.1) is 7.11 Å². The summed E-state index contributed by atoms with van der Waals surface area (Å²) in [6, 6.07) is 7.58. The van der Waals surface area contributed by atoms with Crippen molar-refractivity contribution in [3.8, 4) is 5.75 Å². The molecule has 3 rings (SSSR count). The summed E-state index contributed by atoms with van der Waals surface area (Å²) < 4.78 is 5.22. The predicted octanol–water partition coefficient (Wildman–Crippen LogP) is 4.21. The van der Waals surface area contributed by atoms with Gasteiger partial charge in [0.1, 0.15) is 11.4 Å². The molecule has 1 heterocycles. The molecule has 0 unspecified atom stereocenters. The van der Waals surface area contributed by atoms with Gasteiger partial charge >= 0.3 is 0 Å². The number of carbonyl (C=O) groups is 1. The molecule has 126 valence electrons. The van der Waals surface area contributed by atoms with Gasteiger partial charge in [-0.25, -0.2) is 0 Å². The third-order valence-corrected chi connectivity index (χ3v) is 4.75. The molecular weight excluding hydrogens is 300 g/mol. The van der Waals surface area contributed by atoms with Gasteiger partial charge in [-0.2, -0.15) is 0 Å². The van der Waals surface area contributed by atoms with E-state index >= 15 is 0 Å². The van der Waals surface area contributed by atoms with Gasteiger partial charge in [-0.05, 0) is 56.4 Å². The molecule has 4 heteroatoms.